The van der Waals surface area contributed by atoms with Crippen LogP contribution >= 0.6 is 0 Å². The molecule has 0 amide bonds. The fourth-order valence-electron chi connectivity index (χ4n) is 4.01. The number of hydrogen-bond donors (Lipinski definition) is 0. The van der Waals surface area contributed by atoms with Crippen LogP contribution in [0.3, 0.4) is 0 Å². The molecule has 0 spiro atoms. The fourth-order valence-corrected chi connectivity index (χ4v) is 4.01. The molecule has 27 heavy (non-hydrogen) atoms. The van der Waals surface area contributed by atoms with Gasteiger partial charge in [-0.05, 0) is 101 Å². The molecule has 5 rings (SSSR count). The first-order valence-electron chi connectivity index (χ1n) is 9.69. The molecule has 4 aromatic rings. The van der Waals surface area contributed by atoms with Crippen molar-refractivity contribution in [1.29, 1.82) is 0 Å². The van der Waals surface area contributed by atoms with E-state index in [1.807, 2.05) is 0 Å². The SMILES string of the molecule is Cc1ccc(C)c2c1C=CC2.Cc1ccc(C)c2cc3ccccc3cc12. The first kappa shape index (κ1) is 17.5. The van der Waals surface area contributed by atoms with E-state index in [1.54, 1.807) is 0 Å². The van der Waals surface area contributed by atoms with Crippen LogP contribution in [0.2, 0.25) is 0 Å². The summed E-state index contributed by atoms with van der Waals surface area (Å²) in [4.78, 5) is 0. The van der Waals surface area contributed by atoms with Crippen molar-refractivity contribution in [2.75, 3.05) is 0 Å². The molecular weight excluding hydrogens is 324 g/mol. The zero-order valence-electron chi connectivity index (χ0n) is 16.6. The molecule has 0 radical (unpaired) electrons. The molecular formula is C27H26. The van der Waals surface area contributed by atoms with Crippen LogP contribution < -0.4 is 0 Å². The summed E-state index contributed by atoms with van der Waals surface area (Å²) in [5.74, 6) is 0. The van der Waals surface area contributed by atoms with Crippen LogP contribution in [0.25, 0.3) is 27.6 Å². The highest BCUT2D eigenvalue weighted by atomic mass is 14.1. The highest BCUT2D eigenvalue weighted by Crippen LogP contribution is 2.27. The van der Waals surface area contributed by atoms with E-state index in [0.717, 1.165) is 6.42 Å². The maximum absolute atomic E-state index is 2.30. The van der Waals surface area contributed by atoms with E-state index < -0.39 is 0 Å². The normalized spacial score (nSPS) is 12.1. The highest BCUT2D eigenvalue weighted by molar-refractivity contribution is 6.00. The summed E-state index contributed by atoms with van der Waals surface area (Å²) in [5.41, 5.74) is 8.50. The summed E-state index contributed by atoms with van der Waals surface area (Å²) in [6.45, 7) is 8.71. The largest absolute Gasteiger partial charge is 0.0795 e. The van der Waals surface area contributed by atoms with E-state index in [9.17, 15) is 0 Å². The van der Waals surface area contributed by atoms with Crippen LogP contribution in [0.15, 0.2) is 66.7 Å². The Labute approximate surface area is 162 Å². The van der Waals surface area contributed by atoms with Gasteiger partial charge in [0, 0.05) is 0 Å². The maximum Gasteiger partial charge on any atom is -0.00854 e. The van der Waals surface area contributed by atoms with E-state index in [4.69, 9.17) is 0 Å². The Bertz CT molecular complexity index is 1120. The van der Waals surface area contributed by atoms with Crippen LogP contribution in [0, 0.1) is 27.7 Å². The number of rotatable bonds is 0. The van der Waals surface area contributed by atoms with Gasteiger partial charge in [-0.2, -0.15) is 0 Å². The lowest BCUT2D eigenvalue weighted by Crippen LogP contribution is -1.89. The van der Waals surface area contributed by atoms with Gasteiger partial charge in [-0.15, -0.1) is 0 Å². The van der Waals surface area contributed by atoms with Gasteiger partial charge in [0.25, 0.3) is 0 Å². The molecule has 0 saturated carbocycles. The van der Waals surface area contributed by atoms with Crippen LogP contribution in [-0.4, -0.2) is 0 Å². The molecule has 0 heteroatoms. The van der Waals surface area contributed by atoms with Crippen molar-refractivity contribution in [3.8, 4) is 0 Å². The van der Waals surface area contributed by atoms with Crippen molar-refractivity contribution >= 4 is 27.6 Å². The number of fused-ring (bicyclic) bond motifs is 3. The molecule has 0 nitrogen and oxygen atoms in total. The zero-order valence-corrected chi connectivity index (χ0v) is 16.6. The molecule has 0 fully saturated rings. The summed E-state index contributed by atoms with van der Waals surface area (Å²) in [5, 5.41) is 5.39. The molecule has 4 aromatic carbocycles. The van der Waals surface area contributed by atoms with Gasteiger partial charge in [0.05, 0.1) is 0 Å². The van der Waals surface area contributed by atoms with Crippen LogP contribution in [0.5, 0.6) is 0 Å². The Morgan fingerprint density at radius 2 is 1.11 bits per heavy atom. The minimum Gasteiger partial charge on any atom is -0.0795 e. The summed E-state index contributed by atoms with van der Waals surface area (Å²) < 4.78 is 0. The molecule has 0 N–H and O–H groups in total. The molecule has 0 saturated heterocycles. The molecule has 1 aliphatic carbocycles. The molecule has 0 atom stereocenters. The van der Waals surface area contributed by atoms with Gasteiger partial charge in [-0.1, -0.05) is 60.7 Å². The van der Waals surface area contributed by atoms with Gasteiger partial charge >= 0.3 is 0 Å². The second-order valence-electron chi connectivity index (χ2n) is 7.64. The quantitative estimate of drug-likeness (QED) is 0.288. The highest BCUT2D eigenvalue weighted by Gasteiger charge is 2.08. The minimum absolute atomic E-state index is 1.13. The third-order valence-corrected chi connectivity index (χ3v) is 5.73. The minimum atomic E-state index is 1.13. The van der Waals surface area contributed by atoms with E-state index in [-0.39, 0.29) is 0 Å². The monoisotopic (exact) mass is 350 g/mol. The Kier molecular flexibility index (Phi) is 4.58. The Morgan fingerprint density at radius 3 is 1.67 bits per heavy atom. The molecule has 1 aliphatic rings. The third kappa shape index (κ3) is 3.28. The van der Waals surface area contributed by atoms with Crippen LogP contribution in [0.1, 0.15) is 33.4 Å². The second kappa shape index (κ2) is 7.04. The Balaban J connectivity index is 0.000000143. The Morgan fingerprint density at radius 1 is 0.593 bits per heavy atom. The van der Waals surface area contributed by atoms with E-state index >= 15 is 0 Å². The van der Waals surface area contributed by atoms with Crippen molar-refractivity contribution in [1.82, 2.24) is 0 Å². The zero-order chi connectivity index (χ0) is 19.0. The van der Waals surface area contributed by atoms with Gasteiger partial charge in [0.15, 0.2) is 0 Å². The van der Waals surface area contributed by atoms with Crippen molar-refractivity contribution in [3.05, 3.63) is 100 Å². The lowest BCUT2D eigenvalue weighted by atomic mass is 9.97. The molecule has 134 valence electrons. The fraction of sp³-hybridized carbons (Fsp3) is 0.185. The number of benzene rings is 4. The molecule has 0 aliphatic heterocycles. The van der Waals surface area contributed by atoms with Crippen LogP contribution in [0.4, 0.5) is 0 Å². The van der Waals surface area contributed by atoms with Crippen molar-refractivity contribution in [2.45, 2.75) is 34.1 Å². The lowest BCUT2D eigenvalue weighted by Gasteiger charge is -2.07. The maximum atomic E-state index is 2.30. The molecule has 0 bridgehead atoms. The van der Waals surface area contributed by atoms with Gasteiger partial charge < -0.3 is 0 Å². The summed E-state index contributed by atoms with van der Waals surface area (Å²) in [6, 6.07) is 22.0. The number of hydrogen-bond acceptors (Lipinski definition) is 0. The van der Waals surface area contributed by atoms with Gasteiger partial charge in [0.1, 0.15) is 0 Å². The summed E-state index contributed by atoms with van der Waals surface area (Å²) in [6.07, 6.45) is 5.60. The predicted molar refractivity (Wildman–Crippen MR) is 120 cm³/mol. The van der Waals surface area contributed by atoms with E-state index in [0.29, 0.717) is 0 Å². The average Bonchev–Trinajstić information content (AvgIpc) is 3.19. The van der Waals surface area contributed by atoms with Crippen molar-refractivity contribution < 1.29 is 0 Å². The second-order valence-corrected chi connectivity index (χ2v) is 7.64. The first-order chi connectivity index (χ1) is 13.0. The van der Waals surface area contributed by atoms with Gasteiger partial charge in [-0.3, -0.25) is 0 Å². The predicted octanol–water partition coefficient (Wildman–Crippen LogP) is 7.48. The summed E-state index contributed by atoms with van der Waals surface area (Å²) >= 11 is 0. The lowest BCUT2D eigenvalue weighted by molar-refractivity contribution is 1.22. The van der Waals surface area contributed by atoms with Gasteiger partial charge in [-0.25, -0.2) is 0 Å². The topological polar surface area (TPSA) is 0 Å². The molecule has 0 heterocycles. The first-order valence-corrected chi connectivity index (χ1v) is 9.69. The third-order valence-electron chi connectivity index (χ3n) is 5.73. The van der Waals surface area contributed by atoms with Crippen molar-refractivity contribution in [3.63, 3.8) is 0 Å². The summed E-state index contributed by atoms with van der Waals surface area (Å²) in [7, 11) is 0. The van der Waals surface area contributed by atoms with Gasteiger partial charge in [0.2, 0.25) is 0 Å². The smallest absolute Gasteiger partial charge is 0.00854 e. The number of allylic oxidation sites excluding steroid dienone is 1. The number of aryl methyl sites for hydroxylation is 4. The molecule has 0 unspecified atom stereocenters. The Hall–Kier alpha value is -2.86. The standard InChI is InChI=1S/C16H14.C11H12/c1-11-7-8-12(2)16-10-14-6-4-3-5-13(14)9-15(11)16;1-8-6-7-9(2)11-5-3-4-10(8)11/h3-10H,1-2H3;3-4,6-7H,5H2,1-2H3. The van der Waals surface area contributed by atoms with E-state index in [2.05, 4.69) is 101 Å². The average molecular weight is 351 g/mol. The van der Waals surface area contributed by atoms with Crippen molar-refractivity contribution in [2.24, 2.45) is 0 Å². The van der Waals surface area contributed by atoms with Crippen LogP contribution in [-0.2, 0) is 6.42 Å². The van der Waals surface area contributed by atoms with E-state index in [1.165, 1.54) is 54.9 Å². The molecule has 0 aromatic heterocycles.